The van der Waals surface area contributed by atoms with Crippen LogP contribution in [-0.2, 0) is 6.42 Å². The smallest absolute Gasteiger partial charge is 0.234 e. The zero-order valence-corrected chi connectivity index (χ0v) is 13.3. The maximum Gasteiger partial charge on any atom is 0.234 e. The lowest BCUT2D eigenvalue weighted by Gasteiger charge is -2.04. The van der Waals surface area contributed by atoms with Crippen molar-refractivity contribution in [3.8, 4) is 17.1 Å². The van der Waals surface area contributed by atoms with E-state index in [1.807, 2.05) is 42.5 Å². The first-order valence-corrected chi connectivity index (χ1v) is 8.05. The number of nitrogens with zero attached hydrogens (tertiary/aromatic N) is 4. The first-order valence-electron chi connectivity index (χ1n) is 7.23. The van der Waals surface area contributed by atoms with E-state index in [0.29, 0.717) is 5.82 Å². The van der Waals surface area contributed by atoms with E-state index in [0.717, 1.165) is 27.7 Å². The first kappa shape index (κ1) is 13.9. The zero-order chi connectivity index (χ0) is 15.6. The Bertz CT molecular complexity index is 946. The van der Waals surface area contributed by atoms with Gasteiger partial charge >= 0.3 is 0 Å². The third-order valence-corrected chi connectivity index (χ3v) is 4.48. The van der Waals surface area contributed by atoms with Crippen LogP contribution in [-0.4, -0.2) is 26.9 Å². The molecule has 2 aromatic carbocycles. The van der Waals surface area contributed by atoms with Crippen molar-refractivity contribution in [1.29, 1.82) is 0 Å². The van der Waals surface area contributed by atoms with Crippen molar-refractivity contribution in [2.45, 2.75) is 6.42 Å². The van der Waals surface area contributed by atoms with Crippen LogP contribution in [0.25, 0.3) is 16.3 Å². The van der Waals surface area contributed by atoms with Crippen LogP contribution in [0.15, 0.2) is 54.6 Å². The van der Waals surface area contributed by atoms with Gasteiger partial charge in [0.05, 0.1) is 12.7 Å². The van der Waals surface area contributed by atoms with Crippen molar-refractivity contribution in [3.63, 3.8) is 0 Å². The van der Waals surface area contributed by atoms with Crippen LogP contribution >= 0.6 is 11.3 Å². The summed E-state index contributed by atoms with van der Waals surface area (Å²) in [5, 5.41) is 14.2. The Balaban J connectivity index is 1.75. The summed E-state index contributed by atoms with van der Waals surface area (Å²) in [6.07, 6.45) is 0.792. The van der Waals surface area contributed by atoms with Crippen molar-refractivity contribution >= 4 is 16.3 Å². The van der Waals surface area contributed by atoms with Gasteiger partial charge in [-0.15, -0.1) is 10.2 Å². The topological polar surface area (TPSA) is 52.3 Å². The number of hydrogen-bond donors (Lipinski definition) is 0. The highest BCUT2D eigenvalue weighted by atomic mass is 32.1. The summed E-state index contributed by atoms with van der Waals surface area (Å²) in [4.78, 5) is 0.789. The van der Waals surface area contributed by atoms with Crippen LogP contribution in [0.3, 0.4) is 0 Å². The van der Waals surface area contributed by atoms with Gasteiger partial charge in [0.2, 0.25) is 4.96 Å². The summed E-state index contributed by atoms with van der Waals surface area (Å²) in [6, 6.07) is 18.1. The first-order chi connectivity index (χ1) is 11.3. The average molecular weight is 322 g/mol. The number of benzene rings is 2. The molecule has 0 aliphatic carbocycles. The largest absolute Gasteiger partial charge is 0.496 e. The minimum Gasteiger partial charge on any atom is -0.496 e. The van der Waals surface area contributed by atoms with E-state index in [9.17, 15) is 0 Å². The molecule has 5 nitrogen and oxygen atoms in total. The van der Waals surface area contributed by atoms with E-state index in [-0.39, 0.29) is 0 Å². The molecule has 0 bridgehead atoms. The van der Waals surface area contributed by atoms with E-state index in [1.54, 1.807) is 23.0 Å². The second kappa shape index (κ2) is 5.81. The Labute approximate surface area is 137 Å². The molecule has 4 rings (SSSR count). The molecular weight excluding hydrogens is 308 g/mol. The van der Waals surface area contributed by atoms with Gasteiger partial charge in [-0.05, 0) is 17.7 Å². The SMILES string of the molecule is COc1ccccc1-c1nnc2sc(Cc3ccccc3)nn12. The van der Waals surface area contributed by atoms with Crippen LogP contribution in [0.1, 0.15) is 10.6 Å². The Hall–Kier alpha value is -2.73. The lowest BCUT2D eigenvalue weighted by atomic mass is 10.2. The van der Waals surface area contributed by atoms with Crippen molar-refractivity contribution in [2.24, 2.45) is 0 Å². The summed E-state index contributed by atoms with van der Waals surface area (Å²) in [5.74, 6) is 1.47. The molecule has 0 aliphatic rings. The van der Waals surface area contributed by atoms with Gasteiger partial charge in [-0.25, -0.2) is 0 Å². The van der Waals surface area contributed by atoms with Crippen LogP contribution in [0.5, 0.6) is 5.75 Å². The summed E-state index contributed by atoms with van der Waals surface area (Å²) < 4.78 is 7.21. The van der Waals surface area contributed by atoms with Crippen molar-refractivity contribution in [2.75, 3.05) is 7.11 Å². The molecular formula is C17H14N4OS. The Morgan fingerprint density at radius 2 is 1.78 bits per heavy atom. The summed E-state index contributed by atoms with van der Waals surface area (Å²) in [5.41, 5.74) is 2.12. The van der Waals surface area contributed by atoms with Gasteiger partial charge in [-0.1, -0.05) is 53.8 Å². The monoisotopic (exact) mass is 322 g/mol. The number of hydrogen-bond acceptors (Lipinski definition) is 5. The maximum atomic E-state index is 5.42. The van der Waals surface area contributed by atoms with Crippen LogP contribution < -0.4 is 4.74 Å². The van der Waals surface area contributed by atoms with Crippen LogP contribution in [0.2, 0.25) is 0 Å². The van der Waals surface area contributed by atoms with E-state index in [1.165, 1.54) is 5.56 Å². The molecule has 23 heavy (non-hydrogen) atoms. The fraction of sp³-hybridized carbons (Fsp3) is 0.118. The van der Waals surface area contributed by atoms with Gasteiger partial charge in [0.1, 0.15) is 10.8 Å². The van der Waals surface area contributed by atoms with Crippen molar-refractivity contribution < 1.29 is 4.74 Å². The van der Waals surface area contributed by atoms with E-state index in [4.69, 9.17) is 4.74 Å². The minimum absolute atomic E-state index is 0.702. The fourth-order valence-corrected chi connectivity index (χ4v) is 3.36. The molecule has 0 atom stereocenters. The predicted octanol–water partition coefficient (Wildman–Crippen LogP) is 3.45. The molecule has 0 fully saturated rings. The van der Waals surface area contributed by atoms with E-state index < -0.39 is 0 Å². The van der Waals surface area contributed by atoms with Gasteiger partial charge in [0, 0.05) is 6.42 Å². The minimum atomic E-state index is 0.702. The highest BCUT2D eigenvalue weighted by Crippen LogP contribution is 2.29. The second-order valence-electron chi connectivity index (χ2n) is 5.08. The quantitative estimate of drug-likeness (QED) is 0.577. The molecule has 0 unspecified atom stereocenters. The van der Waals surface area contributed by atoms with Crippen molar-refractivity contribution in [3.05, 3.63) is 65.2 Å². The Kier molecular flexibility index (Phi) is 3.51. The highest BCUT2D eigenvalue weighted by Gasteiger charge is 2.16. The molecule has 0 amide bonds. The van der Waals surface area contributed by atoms with Crippen LogP contribution in [0.4, 0.5) is 0 Å². The molecule has 0 spiro atoms. The van der Waals surface area contributed by atoms with Gasteiger partial charge < -0.3 is 4.74 Å². The summed E-state index contributed by atoms with van der Waals surface area (Å²) in [7, 11) is 1.65. The Morgan fingerprint density at radius 3 is 2.61 bits per heavy atom. The van der Waals surface area contributed by atoms with Crippen molar-refractivity contribution in [1.82, 2.24) is 19.8 Å². The summed E-state index contributed by atoms with van der Waals surface area (Å²) >= 11 is 1.56. The molecule has 2 heterocycles. The number of para-hydroxylation sites is 1. The number of methoxy groups -OCH3 is 1. The third-order valence-electron chi connectivity index (χ3n) is 3.58. The number of fused-ring (bicyclic) bond motifs is 1. The predicted molar refractivity (Wildman–Crippen MR) is 89.9 cm³/mol. The maximum absolute atomic E-state index is 5.42. The molecule has 0 aliphatic heterocycles. The second-order valence-corrected chi connectivity index (χ2v) is 6.12. The molecule has 114 valence electrons. The summed E-state index contributed by atoms with van der Waals surface area (Å²) in [6.45, 7) is 0. The molecule has 0 saturated carbocycles. The molecule has 0 radical (unpaired) electrons. The van der Waals surface area contributed by atoms with Gasteiger partial charge in [-0.3, -0.25) is 0 Å². The molecule has 0 N–H and O–H groups in total. The fourth-order valence-electron chi connectivity index (χ4n) is 2.50. The Morgan fingerprint density at radius 1 is 1.00 bits per heavy atom. The zero-order valence-electron chi connectivity index (χ0n) is 12.5. The number of ether oxygens (including phenoxy) is 1. The molecule has 2 aromatic heterocycles. The van der Waals surface area contributed by atoms with E-state index in [2.05, 4.69) is 27.4 Å². The lowest BCUT2D eigenvalue weighted by molar-refractivity contribution is 0.416. The van der Waals surface area contributed by atoms with E-state index >= 15 is 0 Å². The average Bonchev–Trinajstić information content (AvgIpc) is 3.16. The third kappa shape index (κ3) is 2.57. The van der Waals surface area contributed by atoms with Gasteiger partial charge in [-0.2, -0.15) is 9.61 Å². The molecule has 4 aromatic rings. The normalized spacial score (nSPS) is 11.0. The molecule has 0 saturated heterocycles. The standard InChI is InChI=1S/C17H14N4OS/c1-22-14-10-6-5-9-13(14)16-18-19-17-21(16)20-15(23-17)11-12-7-3-2-4-8-12/h2-10H,11H2,1H3. The van der Waals surface area contributed by atoms with Crippen LogP contribution in [0, 0.1) is 0 Å². The van der Waals surface area contributed by atoms with Gasteiger partial charge in [0.15, 0.2) is 5.82 Å². The number of rotatable bonds is 4. The number of aromatic nitrogens is 4. The lowest BCUT2D eigenvalue weighted by Crippen LogP contribution is -1.95. The highest BCUT2D eigenvalue weighted by molar-refractivity contribution is 7.16. The molecule has 6 heteroatoms. The van der Waals surface area contributed by atoms with Gasteiger partial charge in [0.25, 0.3) is 0 Å².